The number of benzene rings is 1. The summed E-state index contributed by atoms with van der Waals surface area (Å²) < 4.78 is 1.34. The van der Waals surface area contributed by atoms with Gasteiger partial charge in [0.1, 0.15) is 5.52 Å². The first kappa shape index (κ1) is 17.6. The number of rotatable bonds is 9. The minimum Gasteiger partial charge on any atom is -0.481 e. The molecule has 2 rings (SSSR count). The third-order valence-electron chi connectivity index (χ3n) is 3.56. The van der Waals surface area contributed by atoms with Crippen LogP contribution >= 0.6 is 0 Å². The largest absolute Gasteiger partial charge is 0.481 e. The van der Waals surface area contributed by atoms with Crippen molar-refractivity contribution in [2.45, 2.75) is 38.6 Å². The number of carbonyl (C=O) groups is 2. The van der Waals surface area contributed by atoms with Gasteiger partial charge in [-0.05, 0) is 25.0 Å². The molecule has 128 valence electrons. The zero-order chi connectivity index (χ0) is 17.4. The van der Waals surface area contributed by atoms with Gasteiger partial charge in [0, 0.05) is 19.5 Å². The molecule has 0 saturated heterocycles. The Balaban J connectivity index is 1.71. The number of nitrogens with one attached hydrogen (secondary N) is 1. The normalized spacial score (nSPS) is 10.7. The van der Waals surface area contributed by atoms with E-state index in [1.54, 1.807) is 18.2 Å². The standard InChI is InChI=1S/C16H20N4O4/c21-14(17-10-9-15(22)23)8-2-1-5-11-20-16(24)12-6-3-4-7-13(12)18-19-20/h3-4,6-7H,1-2,5,8-11H2,(H,17,21)(H,22,23). The molecule has 2 aromatic rings. The number of fused-ring (bicyclic) bond motifs is 1. The van der Waals surface area contributed by atoms with Crippen molar-refractivity contribution in [3.63, 3.8) is 0 Å². The summed E-state index contributed by atoms with van der Waals surface area (Å²) in [6.07, 6.45) is 2.44. The molecule has 2 N–H and O–H groups in total. The summed E-state index contributed by atoms with van der Waals surface area (Å²) in [5.74, 6) is -1.09. The van der Waals surface area contributed by atoms with Gasteiger partial charge in [0.2, 0.25) is 5.91 Å². The van der Waals surface area contributed by atoms with Crippen molar-refractivity contribution < 1.29 is 14.7 Å². The first-order valence-corrected chi connectivity index (χ1v) is 7.89. The molecule has 1 aromatic carbocycles. The van der Waals surface area contributed by atoms with Crippen LogP contribution in [0.15, 0.2) is 29.1 Å². The minimum absolute atomic E-state index is 0.0741. The van der Waals surface area contributed by atoms with Gasteiger partial charge in [-0.2, -0.15) is 0 Å². The fourth-order valence-corrected chi connectivity index (χ4v) is 2.29. The van der Waals surface area contributed by atoms with E-state index >= 15 is 0 Å². The van der Waals surface area contributed by atoms with Crippen molar-refractivity contribution in [2.24, 2.45) is 0 Å². The molecule has 0 saturated carbocycles. The summed E-state index contributed by atoms with van der Waals surface area (Å²) in [5.41, 5.74) is 0.420. The van der Waals surface area contributed by atoms with Crippen LogP contribution in [0.1, 0.15) is 32.1 Å². The van der Waals surface area contributed by atoms with Crippen LogP contribution in [0.2, 0.25) is 0 Å². The number of carboxylic acid groups (broad SMARTS) is 1. The summed E-state index contributed by atoms with van der Waals surface area (Å²) in [7, 11) is 0. The Morgan fingerprint density at radius 3 is 2.71 bits per heavy atom. The minimum atomic E-state index is -0.933. The van der Waals surface area contributed by atoms with Gasteiger partial charge in [-0.25, -0.2) is 4.68 Å². The Bertz CT molecular complexity index is 772. The van der Waals surface area contributed by atoms with E-state index in [0.29, 0.717) is 30.3 Å². The van der Waals surface area contributed by atoms with E-state index < -0.39 is 5.97 Å². The van der Waals surface area contributed by atoms with Crippen LogP contribution in [0.25, 0.3) is 10.9 Å². The number of amides is 1. The molecule has 8 nitrogen and oxygen atoms in total. The highest BCUT2D eigenvalue weighted by Gasteiger charge is 2.05. The Labute approximate surface area is 138 Å². The molecule has 0 bridgehead atoms. The molecule has 1 heterocycles. The molecule has 1 aromatic heterocycles. The molecule has 0 spiro atoms. The van der Waals surface area contributed by atoms with E-state index in [1.807, 2.05) is 6.07 Å². The van der Waals surface area contributed by atoms with Crippen LogP contribution in [0.5, 0.6) is 0 Å². The number of nitrogens with zero attached hydrogens (tertiary/aromatic N) is 3. The Morgan fingerprint density at radius 2 is 1.92 bits per heavy atom. The number of aromatic nitrogens is 3. The maximum atomic E-state index is 12.2. The summed E-state index contributed by atoms with van der Waals surface area (Å²) in [6, 6.07) is 7.07. The molecule has 0 atom stereocenters. The van der Waals surface area contributed by atoms with Gasteiger partial charge in [-0.15, -0.1) is 5.10 Å². The van der Waals surface area contributed by atoms with Gasteiger partial charge in [0.25, 0.3) is 5.56 Å². The van der Waals surface area contributed by atoms with Crippen molar-refractivity contribution in [1.82, 2.24) is 20.3 Å². The fraction of sp³-hybridized carbons (Fsp3) is 0.438. The maximum Gasteiger partial charge on any atom is 0.305 e. The number of hydrogen-bond acceptors (Lipinski definition) is 5. The van der Waals surface area contributed by atoms with Crippen molar-refractivity contribution in [1.29, 1.82) is 0 Å². The van der Waals surface area contributed by atoms with E-state index in [2.05, 4.69) is 15.6 Å². The van der Waals surface area contributed by atoms with E-state index in [-0.39, 0.29) is 24.4 Å². The first-order chi connectivity index (χ1) is 11.6. The average Bonchev–Trinajstić information content (AvgIpc) is 2.56. The molecule has 0 aliphatic carbocycles. The second-order valence-corrected chi connectivity index (χ2v) is 5.44. The Hall–Kier alpha value is -2.77. The highest BCUT2D eigenvalue weighted by Crippen LogP contribution is 2.05. The van der Waals surface area contributed by atoms with Crippen molar-refractivity contribution >= 4 is 22.8 Å². The summed E-state index contributed by atoms with van der Waals surface area (Å²) in [6.45, 7) is 0.605. The predicted molar refractivity (Wildman–Crippen MR) is 87.5 cm³/mol. The smallest absolute Gasteiger partial charge is 0.305 e. The van der Waals surface area contributed by atoms with E-state index in [0.717, 1.165) is 12.8 Å². The van der Waals surface area contributed by atoms with Gasteiger partial charge in [-0.1, -0.05) is 23.8 Å². The number of carbonyl (C=O) groups excluding carboxylic acids is 1. The lowest BCUT2D eigenvalue weighted by Gasteiger charge is -2.05. The van der Waals surface area contributed by atoms with E-state index in [4.69, 9.17) is 5.11 Å². The molecule has 0 aliphatic rings. The van der Waals surface area contributed by atoms with Crippen molar-refractivity contribution in [3.05, 3.63) is 34.6 Å². The second kappa shape index (κ2) is 8.76. The van der Waals surface area contributed by atoms with Gasteiger partial charge in [0.15, 0.2) is 0 Å². The SMILES string of the molecule is O=C(O)CCNC(=O)CCCCCn1nnc2ccccc2c1=O. The van der Waals surface area contributed by atoms with Crippen LogP contribution in [0, 0.1) is 0 Å². The summed E-state index contributed by atoms with van der Waals surface area (Å²) >= 11 is 0. The van der Waals surface area contributed by atoms with E-state index in [1.165, 1.54) is 4.68 Å². The molecular formula is C16H20N4O4. The number of aliphatic carboxylic acids is 1. The van der Waals surface area contributed by atoms with Crippen molar-refractivity contribution in [2.75, 3.05) is 6.54 Å². The molecule has 1 amide bonds. The summed E-state index contributed by atoms with van der Waals surface area (Å²) in [4.78, 5) is 34.0. The lowest BCUT2D eigenvalue weighted by molar-refractivity contribution is -0.136. The lowest BCUT2D eigenvalue weighted by atomic mass is 10.2. The first-order valence-electron chi connectivity index (χ1n) is 7.89. The van der Waals surface area contributed by atoms with E-state index in [9.17, 15) is 14.4 Å². The molecule has 0 radical (unpaired) electrons. The zero-order valence-corrected chi connectivity index (χ0v) is 13.3. The molecule has 8 heteroatoms. The zero-order valence-electron chi connectivity index (χ0n) is 13.3. The molecule has 0 fully saturated rings. The average molecular weight is 332 g/mol. The number of hydrogen-bond donors (Lipinski definition) is 2. The number of carboxylic acids is 1. The highest BCUT2D eigenvalue weighted by atomic mass is 16.4. The molecule has 24 heavy (non-hydrogen) atoms. The van der Waals surface area contributed by atoms with Crippen LogP contribution in [-0.4, -0.2) is 38.5 Å². The number of aryl methyl sites for hydroxylation is 1. The quantitative estimate of drug-likeness (QED) is 0.661. The van der Waals surface area contributed by atoms with Crippen LogP contribution in [0.4, 0.5) is 0 Å². The van der Waals surface area contributed by atoms with Gasteiger partial charge in [-0.3, -0.25) is 14.4 Å². The third kappa shape index (κ3) is 5.15. The van der Waals surface area contributed by atoms with Gasteiger partial charge < -0.3 is 10.4 Å². The van der Waals surface area contributed by atoms with Crippen LogP contribution in [-0.2, 0) is 16.1 Å². The second-order valence-electron chi connectivity index (χ2n) is 5.44. The Morgan fingerprint density at radius 1 is 1.12 bits per heavy atom. The highest BCUT2D eigenvalue weighted by molar-refractivity contribution is 5.77. The monoisotopic (exact) mass is 332 g/mol. The fourth-order valence-electron chi connectivity index (χ4n) is 2.29. The summed E-state index contributed by atoms with van der Waals surface area (Å²) in [5, 5.41) is 19.5. The topological polar surface area (TPSA) is 114 Å². The third-order valence-corrected chi connectivity index (χ3v) is 3.56. The van der Waals surface area contributed by atoms with Crippen molar-refractivity contribution in [3.8, 4) is 0 Å². The Kier molecular flexibility index (Phi) is 6.41. The maximum absolute atomic E-state index is 12.2. The molecular weight excluding hydrogens is 312 g/mol. The molecule has 0 aliphatic heterocycles. The lowest BCUT2D eigenvalue weighted by Crippen LogP contribution is -2.26. The van der Waals surface area contributed by atoms with Crippen LogP contribution in [0.3, 0.4) is 0 Å². The van der Waals surface area contributed by atoms with Gasteiger partial charge >= 0.3 is 5.97 Å². The molecule has 0 unspecified atom stereocenters. The van der Waals surface area contributed by atoms with Gasteiger partial charge in [0.05, 0.1) is 11.8 Å². The van der Waals surface area contributed by atoms with Crippen LogP contribution < -0.4 is 10.9 Å². The number of unbranched alkanes of at least 4 members (excludes halogenated alkanes) is 2. The predicted octanol–water partition coefficient (Wildman–Crippen LogP) is 0.943.